The monoisotopic (exact) mass is 708 g/mol. The quantitative estimate of drug-likeness (QED) is 0.246. The van der Waals surface area contributed by atoms with Gasteiger partial charge in [0, 0.05) is 83.8 Å². The highest BCUT2D eigenvalue weighted by atomic mass is 16.2. The third kappa shape index (κ3) is 10.7. The summed E-state index contributed by atoms with van der Waals surface area (Å²) >= 11 is 0. The van der Waals surface area contributed by atoms with Crippen LogP contribution in [0.3, 0.4) is 0 Å². The summed E-state index contributed by atoms with van der Waals surface area (Å²) < 4.78 is 0. The van der Waals surface area contributed by atoms with E-state index >= 15 is 0 Å². The van der Waals surface area contributed by atoms with Gasteiger partial charge < -0.3 is 25.3 Å². The molecule has 11 nitrogen and oxygen atoms in total. The van der Waals surface area contributed by atoms with Crippen LogP contribution in [0.4, 0.5) is 5.69 Å². The molecular weight excluding hydrogens is 653 g/mol. The largest absolute Gasteiger partial charge is 0.342 e. The molecule has 0 saturated carbocycles. The number of piperazine rings is 2. The van der Waals surface area contributed by atoms with Gasteiger partial charge in [0.05, 0.1) is 24.5 Å². The molecule has 52 heavy (non-hydrogen) atoms. The van der Waals surface area contributed by atoms with Crippen LogP contribution in [0.1, 0.15) is 42.1 Å². The van der Waals surface area contributed by atoms with E-state index in [0.717, 1.165) is 99.6 Å². The van der Waals surface area contributed by atoms with E-state index in [2.05, 4.69) is 87.7 Å². The average molecular weight is 709 g/mol. The topological polar surface area (TPSA) is 104 Å². The van der Waals surface area contributed by atoms with Gasteiger partial charge in [-0.15, -0.1) is 0 Å². The van der Waals surface area contributed by atoms with Crippen LogP contribution in [0.15, 0.2) is 60.8 Å². The number of nitrogens with one attached hydrogen (secondary N) is 2. The molecule has 2 N–H and O–H groups in total. The first-order valence-electron chi connectivity index (χ1n) is 19.1. The van der Waals surface area contributed by atoms with Crippen molar-refractivity contribution in [3.05, 3.63) is 83.2 Å². The van der Waals surface area contributed by atoms with Gasteiger partial charge in [-0.1, -0.05) is 61.0 Å². The number of anilines is 1. The second kappa shape index (κ2) is 18.6. The van der Waals surface area contributed by atoms with Crippen molar-refractivity contribution in [2.24, 2.45) is 5.92 Å². The van der Waals surface area contributed by atoms with Gasteiger partial charge in [-0.25, -0.2) is 0 Å². The van der Waals surface area contributed by atoms with Crippen molar-refractivity contribution in [1.82, 2.24) is 34.8 Å². The number of piperidine rings is 1. The van der Waals surface area contributed by atoms with Crippen LogP contribution in [0.25, 0.3) is 11.1 Å². The fourth-order valence-corrected chi connectivity index (χ4v) is 7.59. The highest BCUT2D eigenvalue weighted by Gasteiger charge is 2.27. The summed E-state index contributed by atoms with van der Waals surface area (Å²) in [4.78, 5) is 52.9. The number of carbonyl (C=O) groups is 3. The van der Waals surface area contributed by atoms with Gasteiger partial charge in [0.1, 0.15) is 0 Å². The summed E-state index contributed by atoms with van der Waals surface area (Å²) in [5, 5.41) is 6.50. The van der Waals surface area contributed by atoms with Crippen LogP contribution in [0.5, 0.6) is 0 Å². The third-order valence-corrected chi connectivity index (χ3v) is 10.8. The van der Waals surface area contributed by atoms with Crippen LogP contribution < -0.4 is 10.6 Å². The van der Waals surface area contributed by atoms with E-state index < -0.39 is 0 Å². The van der Waals surface area contributed by atoms with Crippen molar-refractivity contribution in [3.63, 3.8) is 0 Å². The summed E-state index contributed by atoms with van der Waals surface area (Å²) in [5.74, 6) is 0.757. The maximum Gasteiger partial charge on any atom is 0.238 e. The Morgan fingerprint density at radius 1 is 0.827 bits per heavy atom. The van der Waals surface area contributed by atoms with E-state index in [1.54, 1.807) is 4.90 Å². The number of aromatic nitrogens is 1. The van der Waals surface area contributed by atoms with Crippen molar-refractivity contribution < 1.29 is 14.4 Å². The Hall–Kier alpha value is -4.16. The van der Waals surface area contributed by atoms with E-state index in [0.29, 0.717) is 51.7 Å². The summed E-state index contributed by atoms with van der Waals surface area (Å²) in [5.41, 5.74) is 7.43. The lowest BCUT2D eigenvalue weighted by Crippen LogP contribution is -2.54. The molecule has 3 aliphatic heterocycles. The fourth-order valence-electron chi connectivity index (χ4n) is 7.59. The van der Waals surface area contributed by atoms with Crippen molar-refractivity contribution in [1.29, 1.82) is 0 Å². The number of aryl methyl sites for hydroxylation is 2. The highest BCUT2D eigenvalue weighted by molar-refractivity contribution is 5.93. The molecule has 1 aromatic heterocycles. The Morgan fingerprint density at radius 3 is 2.29 bits per heavy atom. The van der Waals surface area contributed by atoms with Crippen LogP contribution in [-0.4, -0.2) is 133 Å². The van der Waals surface area contributed by atoms with Gasteiger partial charge in [0.25, 0.3) is 0 Å². The van der Waals surface area contributed by atoms with Crippen molar-refractivity contribution in [2.75, 3.05) is 90.4 Å². The molecule has 2 aromatic carbocycles. The molecule has 3 aliphatic rings. The van der Waals surface area contributed by atoms with Gasteiger partial charge in [-0.05, 0) is 68.0 Å². The molecule has 4 heterocycles. The lowest BCUT2D eigenvalue weighted by Gasteiger charge is -2.39. The van der Waals surface area contributed by atoms with E-state index in [-0.39, 0.29) is 18.4 Å². The maximum atomic E-state index is 13.2. The molecular formula is C41H56N8O3. The number of amides is 3. The van der Waals surface area contributed by atoms with Crippen LogP contribution >= 0.6 is 0 Å². The van der Waals surface area contributed by atoms with E-state index in [1.807, 2.05) is 17.2 Å². The average Bonchev–Trinajstić information content (AvgIpc) is 3.17. The standard InChI is InChI=1S/C41H56N8O3/c1-3-33-7-5-9-36(23-33)37-24-38(44-40(51)27-42-25-35-8-4-6-32(2)22-35)39(43-26-37)29-45-12-10-34(11-13-45)28-46-14-16-47(17-15-46)30-41(52)49-20-18-48(31-50)19-21-49/h4-9,22-24,26,31,34,42H,3,10-21,25,27-30H2,1-2H3,(H,44,51). The number of hydrogen-bond donors (Lipinski definition) is 2. The third-order valence-electron chi connectivity index (χ3n) is 10.8. The molecule has 6 rings (SSSR count). The summed E-state index contributed by atoms with van der Waals surface area (Å²) in [6, 6.07) is 19.0. The number of carbonyl (C=O) groups excluding carboxylic acids is 3. The Balaban J connectivity index is 0.987. The Morgan fingerprint density at radius 2 is 1.56 bits per heavy atom. The van der Waals surface area contributed by atoms with Gasteiger partial charge in [-0.2, -0.15) is 0 Å². The number of benzene rings is 2. The minimum absolute atomic E-state index is 0.0734. The molecule has 3 saturated heterocycles. The summed E-state index contributed by atoms with van der Waals surface area (Å²) in [7, 11) is 0. The molecule has 278 valence electrons. The molecule has 0 atom stereocenters. The molecule has 3 fully saturated rings. The molecule has 3 amide bonds. The zero-order valence-corrected chi connectivity index (χ0v) is 31.1. The normalized spacial score (nSPS) is 18.0. The van der Waals surface area contributed by atoms with Crippen LogP contribution in [0, 0.1) is 12.8 Å². The van der Waals surface area contributed by atoms with Gasteiger partial charge >= 0.3 is 0 Å². The minimum atomic E-state index is -0.0734. The second-order valence-electron chi connectivity index (χ2n) is 14.7. The molecule has 0 bridgehead atoms. The van der Waals surface area contributed by atoms with Crippen LogP contribution in [0.2, 0.25) is 0 Å². The SMILES string of the molecule is CCc1cccc(-c2cnc(CN3CCC(CN4CCN(CC(=O)N5CCN(C=O)CC5)CC4)CC3)c(NC(=O)CNCc3cccc(C)c3)c2)c1. The number of rotatable bonds is 14. The highest BCUT2D eigenvalue weighted by Crippen LogP contribution is 2.28. The second-order valence-corrected chi connectivity index (χ2v) is 14.7. The minimum Gasteiger partial charge on any atom is -0.342 e. The zero-order valence-electron chi connectivity index (χ0n) is 31.1. The molecule has 0 aliphatic carbocycles. The molecule has 0 radical (unpaired) electrons. The van der Waals surface area contributed by atoms with Gasteiger partial charge in [0.15, 0.2) is 0 Å². The van der Waals surface area contributed by atoms with Gasteiger partial charge in [0.2, 0.25) is 18.2 Å². The van der Waals surface area contributed by atoms with Gasteiger partial charge in [-0.3, -0.25) is 29.2 Å². The Kier molecular flexibility index (Phi) is 13.4. The van der Waals surface area contributed by atoms with E-state index in [4.69, 9.17) is 4.98 Å². The number of pyridine rings is 1. The van der Waals surface area contributed by atoms with Crippen LogP contribution in [-0.2, 0) is 33.9 Å². The molecule has 3 aromatic rings. The zero-order chi connectivity index (χ0) is 36.3. The maximum absolute atomic E-state index is 13.2. The lowest BCUT2D eigenvalue weighted by molar-refractivity contribution is -0.136. The molecule has 0 unspecified atom stereocenters. The van der Waals surface area contributed by atoms with Crippen molar-refractivity contribution in [2.45, 2.75) is 46.2 Å². The van der Waals surface area contributed by atoms with Crippen molar-refractivity contribution >= 4 is 23.9 Å². The van der Waals surface area contributed by atoms with E-state index in [1.165, 1.54) is 11.1 Å². The summed E-state index contributed by atoms with van der Waals surface area (Å²) in [6.45, 7) is 15.7. The fraction of sp³-hybridized carbons (Fsp3) is 0.512. The molecule has 11 heteroatoms. The Labute approximate surface area is 309 Å². The first kappa shape index (κ1) is 37.6. The predicted octanol–water partition coefficient (Wildman–Crippen LogP) is 3.48. The van der Waals surface area contributed by atoms with E-state index in [9.17, 15) is 14.4 Å². The van der Waals surface area contributed by atoms with Crippen molar-refractivity contribution in [3.8, 4) is 11.1 Å². The smallest absolute Gasteiger partial charge is 0.238 e. The summed E-state index contributed by atoms with van der Waals surface area (Å²) in [6.07, 6.45) is 6.06. The number of hydrogen-bond acceptors (Lipinski definition) is 8. The first-order chi connectivity index (χ1) is 25.3. The Bertz CT molecular complexity index is 1640. The molecule has 0 spiro atoms. The predicted molar refractivity (Wildman–Crippen MR) is 206 cm³/mol. The first-order valence-corrected chi connectivity index (χ1v) is 19.1. The lowest BCUT2D eigenvalue weighted by atomic mass is 9.95. The number of likely N-dealkylation sites (tertiary alicyclic amines) is 1. The number of nitrogens with zero attached hydrogens (tertiary/aromatic N) is 6.